The van der Waals surface area contributed by atoms with Gasteiger partial charge in [-0.2, -0.15) is 0 Å². The molecule has 0 aromatic heterocycles. The normalized spacial score (nSPS) is 31.2. The predicted octanol–water partition coefficient (Wildman–Crippen LogP) is 4.63. The van der Waals surface area contributed by atoms with Crippen LogP contribution in [0.1, 0.15) is 63.4 Å². The highest BCUT2D eigenvalue weighted by molar-refractivity contribution is 5.87. The summed E-state index contributed by atoms with van der Waals surface area (Å²) in [7, 11) is 0. The summed E-state index contributed by atoms with van der Waals surface area (Å²) in [4.78, 5) is 15.3. The van der Waals surface area contributed by atoms with Gasteiger partial charge in [0, 0.05) is 17.7 Å². The molecule has 22 heavy (non-hydrogen) atoms. The number of hydrogen-bond donors (Lipinski definition) is 0. The second-order valence-electron chi connectivity index (χ2n) is 7.20. The molecule has 2 heterocycles. The fourth-order valence-corrected chi connectivity index (χ4v) is 5.07. The van der Waals surface area contributed by atoms with Gasteiger partial charge < -0.3 is 4.90 Å². The van der Waals surface area contributed by atoms with Crippen LogP contribution in [0, 0.1) is 5.41 Å². The van der Waals surface area contributed by atoms with Crippen molar-refractivity contribution in [1.82, 2.24) is 4.90 Å². The van der Waals surface area contributed by atoms with Crippen molar-refractivity contribution in [2.24, 2.45) is 5.41 Å². The van der Waals surface area contributed by atoms with Crippen molar-refractivity contribution < 1.29 is 4.79 Å². The van der Waals surface area contributed by atoms with E-state index < -0.39 is 0 Å². The van der Waals surface area contributed by atoms with Crippen LogP contribution in [0.15, 0.2) is 41.6 Å². The minimum atomic E-state index is 0.0470. The van der Waals surface area contributed by atoms with E-state index in [4.69, 9.17) is 0 Å². The van der Waals surface area contributed by atoms with Gasteiger partial charge in [-0.25, -0.2) is 0 Å². The van der Waals surface area contributed by atoms with Crippen LogP contribution in [0.4, 0.5) is 0 Å². The molecule has 0 bridgehead atoms. The molecule has 1 saturated heterocycles. The second-order valence-corrected chi connectivity index (χ2v) is 7.20. The van der Waals surface area contributed by atoms with Crippen molar-refractivity contribution in [3.63, 3.8) is 0 Å². The Labute approximate surface area is 133 Å². The maximum atomic E-state index is 13.1. The van der Waals surface area contributed by atoms with Gasteiger partial charge >= 0.3 is 0 Å². The Morgan fingerprint density at radius 3 is 2.73 bits per heavy atom. The van der Waals surface area contributed by atoms with Crippen LogP contribution in [0.25, 0.3) is 0 Å². The third kappa shape index (κ3) is 1.96. The Balaban J connectivity index is 1.79. The van der Waals surface area contributed by atoms with Gasteiger partial charge in [0.15, 0.2) is 0 Å². The molecule has 2 atom stereocenters. The van der Waals surface area contributed by atoms with E-state index in [-0.39, 0.29) is 5.92 Å². The monoisotopic (exact) mass is 295 g/mol. The SMILES string of the molecule is CC[C@]12CCCC3=C1N(CCC2)C(=O)[C@@H](c1ccccc1)C3. The maximum absolute atomic E-state index is 13.1. The lowest BCUT2D eigenvalue weighted by Gasteiger charge is -2.52. The van der Waals surface area contributed by atoms with Crippen LogP contribution < -0.4 is 0 Å². The van der Waals surface area contributed by atoms with Gasteiger partial charge in [-0.15, -0.1) is 0 Å². The van der Waals surface area contributed by atoms with Gasteiger partial charge in [-0.3, -0.25) is 4.79 Å². The number of amides is 1. The molecule has 0 N–H and O–H groups in total. The van der Waals surface area contributed by atoms with Crippen molar-refractivity contribution in [2.45, 2.75) is 57.8 Å². The Morgan fingerprint density at radius 1 is 1.18 bits per heavy atom. The number of carbonyl (C=O) groups excluding carboxylic acids is 1. The van der Waals surface area contributed by atoms with E-state index in [0.717, 1.165) is 19.4 Å². The molecule has 2 aliphatic heterocycles. The first-order chi connectivity index (χ1) is 10.7. The highest BCUT2D eigenvalue weighted by Gasteiger charge is 2.48. The first-order valence-corrected chi connectivity index (χ1v) is 8.84. The summed E-state index contributed by atoms with van der Waals surface area (Å²) in [5, 5.41) is 0. The van der Waals surface area contributed by atoms with Gasteiger partial charge in [-0.1, -0.05) is 37.3 Å². The van der Waals surface area contributed by atoms with E-state index in [0.29, 0.717) is 11.3 Å². The molecule has 0 saturated carbocycles. The minimum Gasteiger partial charge on any atom is -0.315 e. The minimum absolute atomic E-state index is 0.0470. The fraction of sp³-hybridized carbons (Fsp3) is 0.550. The molecule has 116 valence electrons. The topological polar surface area (TPSA) is 20.3 Å². The smallest absolute Gasteiger partial charge is 0.234 e. The van der Waals surface area contributed by atoms with Crippen LogP contribution in [0.5, 0.6) is 0 Å². The molecule has 0 radical (unpaired) electrons. The van der Waals surface area contributed by atoms with E-state index in [1.807, 2.05) is 6.07 Å². The first-order valence-electron chi connectivity index (χ1n) is 8.84. The van der Waals surface area contributed by atoms with Crippen molar-refractivity contribution in [1.29, 1.82) is 0 Å². The van der Waals surface area contributed by atoms with Crippen LogP contribution in [-0.2, 0) is 4.79 Å². The summed E-state index contributed by atoms with van der Waals surface area (Å²) >= 11 is 0. The van der Waals surface area contributed by atoms with Crippen molar-refractivity contribution >= 4 is 5.91 Å². The quantitative estimate of drug-likeness (QED) is 0.779. The largest absolute Gasteiger partial charge is 0.315 e. The predicted molar refractivity (Wildman–Crippen MR) is 88.3 cm³/mol. The zero-order valence-electron chi connectivity index (χ0n) is 13.5. The van der Waals surface area contributed by atoms with Crippen molar-refractivity contribution in [3.05, 3.63) is 47.2 Å². The summed E-state index contributed by atoms with van der Waals surface area (Å²) in [5.41, 5.74) is 4.53. The summed E-state index contributed by atoms with van der Waals surface area (Å²) in [6.07, 6.45) is 8.37. The highest BCUT2D eigenvalue weighted by Crippen LogP contribution is 2.54. The van der Waals surface area contributed by atoms with Crippen molar-refractivity contribution in [3.8, 4) is 0 Å². The maximum Gasteiger partial charge on any atom is 0.234 e. The molecule has 0 unspecified atom stereocenters. The number of nitrogens with zero attached hydrogens (tertiary/aromatic N) is 1. The number of rotatable bonds is 2. The molecule has 4 rings (SSSR count). The molecule has 1 amide bonds. The summed E-state index contributed by atoms with van der Waals surface area (Å²) in [6.45, 7) is 3.25. The van der Waals surface area contributed by atoms with Gasteiger partial charge in [0.25, 0.3) is 0 Å². The van der Waals surface area contributed by atoms with Crippen LogP contribution in [-0.4, -0.2) is 17.4 Å². The number of piperidine rings is 1. The molecule has 1 aliphatic carbocycles. The van der Waals surface area contributed by atoms with Gasteiger partial charge in [0.2, 0.25) is 5.91 Å². The molecule has 0 spiro atoms. The lowest BCUT2D eigenvalue weighted by Crippen LogP contribution is -2.50. The van der Waals surface area contributed by atoms with E-state index in [9.17, 15) is 4.79 Å². The Bertz CT molecular complexity index is 618. The molecule has 1 aromatic rings. The Morgan fingerprint density at radius 2 is 1.95 bits per heavy atom. The number of allylic oxidation sites excluding steroid dienone is 2. The first kappa shape index (κ1) is 14.0. The average molecular weight is 295 g/mol. The average Bonchev–Trinajstić information content (AvgIpc) is 2.58. The second kappa shape index (κ2) is 5.26. The van der Waals surface area contributed by atoms with Crippen LogP contribution in [0.2, 0.25) is 0 Å². The lowest BCUT2D eigenvalue weighted by molar-refractivity contribution is -0.134. The fourth-order valence-electron chi connectivity index (χ4n) is 5.07. The molecular weight excluding hydrogens is 270 g/mol. The van der Waals surface area contributed by atoms with Gasteiger partial charge in [0.05, 0.1) is 5.92 Å². The molecule has 3 aliphatic rings. The summed E-state index contributed by atoms with van der Waals surface area (Å²) in [6, 6.07) is 10.4. The van der Waals surface area contributed by atoms with Gasteiger partial charge in [0.1, 0.15) is 0 Å². The zero-order chi connectivity index (χ0) is 15.2. The van der Waals surface area contributed by atoms with Gasteiger partial charge in [-0.05, 0) is 56.1 Å². The number of benzene rings is 1. The van der Waals surface area contributed by atoms with E-state index in [1.54, 1.807) is 5.57 Å². The third-order valence-electron chi connectivity index (χ3n) is 6.17. The molecule has 2 heteroatoms. The zero-order valence-corrected chi connectivity index (χ0v) is 13.5. The Hall–Kier alpha value is -1.57. The summed E-state index contributed by atoms with van der Waals surface area (Å²) < 4.78 is 0. The molecular formula is C20H25NO. The van der Waals surface area contributed by atoms with Crippen molar-refractivity contribution in [2.75, 3.05) is 6.54 Å². The van der Waals surface area contributed by atoms with Crippen LogP contribution in [0.3, 0.4) is 0 Å². The molecule has 2 nitrogen and oxygen atoms in total. The lowest BCUT2D eigenvalue weighted by atomic mass is 9.63. The van der Waals surface area contributed by atoms with E-state index >= 15 is 0 Å². The standard InChI is InChI=1S/C20H25NO/c1-2-20-11-6-10-16-14-17(15-8-4-3-5-9-15)19(22)21(18(16)20)13-7-12-20/h3-5,8-9,17H,2,6-7,10-14H2,1H3/t17-,20-/m1/s1. The molecule has 1 aromatic carbocycles. The van der Waals surface area contributed by atoms with E-state index in [2.05, 4.69) is 36.1 Å². The van der Waals surface area contributed by atoms with E-state index in [1.165, 1.54) is 43.4 Å². The highest BCUT2D eigenvalue weighted by atomic mass is 16.2. The number of carbonyl (C=O) groups is 1. The van der Waals surface area contributed by atoms with Crippen LogP contribution >= 0.6 is 0 Å². The third-order valence-corrected chi connectivity index (χ3v) is 6.17. The number of hydrogen-bond acceptors (Lipinski definition) is 1. The Kier molecular flexibility index (Phi) is 3.36. The molecule has 1 fully saturated rings. The summed E-state index contributed by atoms with van der Waals surface area (Å²) in [5.74, 6) is 0.398.